The molecule has 5 aromatic heterocycles. The van der Waals surface area contributed by atoms with Crippen molar-refractivity contribution in [2.45, 2.75) is 232 Å². The number of fused-ring (bicyclic) bond motifs is 3. The second-order valence-corrected chi connectivity index (χ2v) is 45.1. The first-order valence-corrected chi connectivity index (χ1v) is 44.1. The predicted octanol–water partition coefficient (Wildman–Crippen LogP) is 27.2. The number of thioether (sulfide) groups is 3. The summed E-state index contributed by atoms with van der Waals surface area (Å²) >= 11 is 27.3. The van der Waals surface area contributed by atoms with Gasteiger partial charge in [0.25, 0.3) is 0 Å². The monoisotopic (exact) mass is 1670 g/mol. The van der Waals surface area contributed by atoms with Gasteiger partial charge in [-0.2, -0.15) is 0 Å². The van der Waals surface area contributed by atoms with Crippen molar-refractivity contribution < 1.29 is 27.8 Å². The van der Waals surface area contributed by atoms with E-state index in [9.17, 15) is 14.7 Å². The zero-order valence-electron chi connectivity index (χ0n) is 64.1. The molecule has 0 spiro atoms. The van der Waals surface area contributed by atoms with E-state index in [4.69, 9.17) is 91.1 Å². The van der Waals surface area contributed by atoms with Gasteiger partial charge in [-0.1, -0.05) is 213 Å². The Labute approximate surface area is 690 Å². The molecule has 6 aromatic carbocycles. The number of hydrogen-bond acceptors (Lipinski definition) is 10. The maximum atomic E-state index is 12.2. The van der Waals surface area contributed by atoms with E-state index >= 15 is 0 Å². The zero-order valence-corrected chi connectivity index (χ0v) is 73.0. The molecule has 0 radical (unpaired) electrons. The van der Waals surface area contributed by atoms with Crippen LogP contribution in [0.4, 0.5) is 0 Å². The van der Waals surface area contributed by atoms with Gasteiger partial charge in [-0.05, 0) is 130 Å². The molecule has 0 atom stereocenters. The number of nitrogens with two attached hydrogens (primary N) is 1. The number of rotatable bonds is 19. The number of benzene rings is 6. The molecule has 0 aliphatic rings. The molecule has 5 heterocycles. The molecule has 0 aliphatic carbocycles. The van der Waals surface area contributed by atoms with Crippen LogP contribution < -0.4 is 5.73 Å². The van der Waals surface area contributed by atoms with Crippen molar-refractivity contribution in [1.29, 1.82) is 0 Å². The number of Topliss-reactive ketones (excluding diaryl/α,β-unsaturated/α-hetero) is 1. The number of carbonyl (C=O) groups excluding carboxylic acids is 2. The summed E-state index contributed by atoms with van der Waals surface area (Å²) in [5.74, 6) is 1.67. The maximum absolute atomic E-state index is 12.2. The zero-order chi connectivity index (χ0) is 78.1. The number of primary amides is 1. The van der Waals surface area contributed by atoms with Gasteiger partial charge in [0.05, 0.1) is 17.3 Å². The van der Waals surface area contributed by atoms with Crippen molar-refractivity contribution in [2.75, 3.05) is 5.88 Å². The first-order chi connectivity index (χ1) is 48.7. The van der Waals surface area contributed by atoms with Crippen LogP contribution in [-0.4, -0.2) is 72.0 Å². The van der Waals surface area contributed by atoms with Gasteiger partial charge in [-0.15, -0.1) is 46.9 Å². The van der Waals surface area contributed by atoms with Gasteiger partial charge in [0.15, 0.2) is 11.8 Å². The minimum atomic E-state index is -1.72. The van der Waals surface area contributed by atoms with Crippen LogP contribution in [0.1, 0.15) is 198 Å². The molecule has 107 heavy (non-hydrogen) atoms. The molecule has 0 saturated heterocycles. The summed E-state index contributed by atoms with van der Waals surface area (Å²) in [5.41, 5.74) is 19.7. The van der Waals surface area contributed by atoms with E-state index in [-0.39, 0.29) is 67.5 Å². The number of phenols is 1. The van der Waals surface area contributed by atoms with Gasteiger partial charge in [-0.3, -0.25) is 9.59 Å². The first kappa shape index (κ1) is 92.5. The molecule has 3 N–H and O–H groups in total. The second kappa shape index (κ2) is 38.9. The average molecular weight is 1670 g/mol. The predicted molar refractivity (Wildman–Crippen MR) is 473 cm³/mol. The molecule has 0 bridgehead atoms. The van der Waals surface area contributed by atoms with E-state index in [0.717, 1.165) is 74.2 Å². The van der Waals surface area contributed by atoms with Crippen LogP contribution in [0.25, 0.3) is 32.7 Å². The molecule has 0 unspecified atom stereocenters. The number of halogens is 7. The van der Waals surface area contributed by atoms with E-state index in [0.29, 0.717) is 19.5 Å². The molecule has 11 rings (SSSR count). The van der Waals surface area contributed by atoms with Gasteiger partial charge in [-0.25, -0.2) is 40.1 Å². The van der Waals surface area contributed by atoms with Crippen LogP contribution in [0.3, 0.4) is 0 Å². The largest absolute Gasteiger partial charge is 0.643 e. The fourth-order valence-corrected chi connectivity index (χ4v) is 15.8. The molecule has 584 valence electrons. The quantitative estimate of drug-likeness (QED) is 0.0455. The van der Waals surface area contributed by atoms with Gasteiger partial charge in [0.1, 0.15) is 24.1 Å². The van der Waals surface area contributed by atoms with Crippen molar-refractivity contribution >= 4 is 168 Å². The minimum Gasteiger partial charge on any atom is -0.508 e. The van der Waals surface area contributed by atoms with Crippen molar-refractivity contribution in [2.24, 2.45) is 11.1 Å². The third-order valence-electron chi connectivity index (χ3n) is 16.7. The Hall–Kier alpha value is -5.09. The third-order valence-corrected chi connectivity index (χ3v) is 21.7. The molecule has 22 heteroatoms. The number of oxazole rings is 2. The van der Waals surface area contributed by atoms with Crippen LogP contribution in [-0.2, 0) is 59.3 Å². The van der Waals surface area contributed by atoms with E-state index < -0.39 is 16.8 Å². The molecule has 0 fully saturated rings. The number of ketones is 1. The van der Waals surface area contributed by atoms with E-state index in [1.807, 2.05) is 112 Å². The lowest BCUT2D eigenvalue weighted by molar-refractivity contribution is -0.126. The molecule has 0 aliphatic heterocycles. The number of carbonyl (C=O) groups is 2. The van der Waals surface area contributed by atoms with Gasteiger partial charge in [0, 0.05) is 153 Å². The SMILES string of the molecule is C.C.CC(=O)CCl.Cc1ccc2c(c1)c(SC(C)(C)C)c(CC(C)(C)C(N)=O)n2Cc1ccc(Cl)cc1.Cc1ccc2c(c1)c(SC(C)(C)C)c(CC(C)(C)c1nc(C)co1)n2Cc1ccc(Cl)cc1.Cc1coc(C(C)(C)Cc2c(SC(C)(C)C)c3cc(O)ccc3n2Cc2ccc(Cl)cc2)n1.[Cl][Al]([Cl])[Cl].[HH].[HH].[HH]. The Kier molecular flexibility index (Phi) is 33.6. The number of nitrogens with zero attached hydrogens (tertiary/aromatic N) is 5. The summed E-state index contributed by atoms with van der Waals surface area (Å²) in [6.45, 7) is 44.7. The summed E-state index contributed by atoms with van der Waals surface area (Å²) in [4.78, 5) is 35.0. The highest BCUT2D eigenvalue weighted by Crippen LogP contribution is 2.48. The minimum absolute atomic E-state index is 0. The van der Waals surface area contributed by atoms with Gasteiger partial charge < -0.3 is 33.4 Å². The van der Waals surface area contributed by atoms with E-state index in [1.54, 1.807) is 18.6 Å². The van der Waals surface area contributed by atoms with Crippen molar-refractivity contribution in [3.63, 3.8) is 0 Å². The summed E-state index contributed by atoms with van der Waals surface area (Å²) in [6, 6.07) is 43.2. The maximum Gasteiger partial charge on any atom is 0.643 e. The van der Waals surface area contributed by atoms with Gasteiger partial charge >= 0.3 is 11.4 Å². The Morgan fingerprint density at radius 1 is 0.486 bits per heavy atom. The number of amides is 1. The van der Waals surface area contributed by atoms with Crippen molar-refractivity contribution in [3.05, 3.63) is 223 Å². The van der Waals surface area contributed by atoms with Crippen LogP contribution in [0.2, 0.25) is 15.1 Å². The van der Waals surface area contributed by atoms with Gasteiger partial charge in [0.2, 0.25) is 5.91 Å². The summed E-state index contributed by atoms with van der Waals surface area (Å²) in [7, 11) is 14.8. The molecule has 11 aromatic rings. The second-order valence-electron chi connectivity index (χ2n) is 31.6. The number of hydrogen-bond donors (Lipinski definition) is 2. The fourth-order valence-electron chi connectivity index (χ4n) is 11.8. The molecular weight excluding hydrogens is 1560 g/mol. The number of aromatic nitrogens is 5. The Morgan fingerprint density at radius 3 is 1.03 bits per heavy atom. The number of phenolic OH excluding ortho intramolecular Hbond substituents is 1. The standard InChI is InChI=1S/C28H33ClN2OS.C27H31ClN2O2S.C25H31ClN2OS.C3H5ClO.2CH4.Al.3ClH.3H2/c1-18-8-13-23-22(14-18)25(33-27(3,4)5)24(15-28(6,7)26-30-19(2)17-32-26)31(23)16-20-9-11-21(29)12-10-20;1-17-16-32-25(29-17)27(5,6)14-23-24(33-26(2,3)4)21-13-20(31)11-12-22(21)30(23)15-18-7-9-19(28)10-8-18;1-16-7-12-20-19(13-16)22(30-24(2,3)4)21(14-25(5,6)23(27)29)28(20)15-17-8-10-18(26)11-9-17;1-3(5)2-4;;;;;;;;;/h8-14,17H,15-16H2,1-7H3;7-13,16,31H,14-15H2,1-6H3;7-13H,14-15H2,1-6H3,(H2,27,29);2H2,1H3;2*1H4;;6*1H/q;;;;;;+3;;;;;;/p-3. The summed E-state index contributed by atoms with van der Waals surface area (Å²) < 4.78 is 19.0. The van der Waals surface area contributed by atoms with Crippen LogP contribution in [0.5, 0.6) is 5.75 Å². The lowest BCUT2D eigenvalue weighted by Gasteiger charge is -2.25. The molecular formula is C85H114AlCl7N6O5S3. The third kappa shape index (κ3) is 26.8. The van der Waals surface area contributed by atoms with Crippen LogP contribution >= 0.6 is 112 Å². The Balaban J connectivity index is 0.000000519. The van der Waals surface area contributed by atoms with E-state index in [2.05, 4.69) is 200 Å². The highest BCUT2D eigenvalue weighted by Gasteiger charge is 2.36. The van der Waals surface area contributed by atoms with Crippen molar-refractivity contribution in [3.8, 4) is 5.75 Å². The molecule has 1 amide bonds. The average Bonchev–Trinajstić information content (AvgIpc) is 1.61. The van der Waals surface area contributed by atoms with Crippen LogP contribution in [0, 0.1) is 33.1 Å². The van der Waals surface area contributed by atoms with Crippen molar-refractivity contribution in [1.82, 2.24) is 23.7 Å². The topological polar surface area (TPSA) is 147 Å². The molecule has 0 saturated carbocycles. The smallest absolute Gasteiger partial charge is 0.508 e. The Morgan fingerprint density at radius 2 is 0.766 bits per heavy atom. The fraction of sp³-hybridized carbons (Fsp3) is 0.412. The van der Waals surface area contributed by atoms with Crippen LogP contribution in [0.15, 0.2) is 163 Å². The Bertz CT molecular complexity index is 4580. The number of aromatic hydroxyl groups is 1. The first-order valence-electron chi connectivity index (χ1n) is 34.7. The summed E-state index contributed by atoms with van der Waals surface area (Å²) in [6.07, 6.45) is 5.61. The highest BCUT2D eigenvalue weighted by atomic mass is 35.8. The molecule has 11 nitrogen and oxygen atoms in total. The lowest BCUT2D eigenvalue weighted by atomic mass is 9.87. The number of alkyl halides is 1. The number of aryl methyl sites for hydroxylation is 4. The van der Waals surface area contributed by atoms with E-state index in [1.165, 1.54) is 82.6 Å². The highest BCUT2D eigenvalue weighted by molar-refractivity contribution is 8.01. The lowest BCUT2D eigenvalue weighted by Crippen LogP contribution is -2.34. The summed E-state index contributed by atoms with van der Waals surface area (Å²) in [5, 5.41) is 16.2. The normalized spacial score (nSPS) is 11.9.